The van der Waals surface area contributed by atoms with Gasteiger partial charge in [-0.05, 0) is 29.4 Å². The molecule has 4 heteroatoms. The average Bonchev–Trinajstić information content (AvgIpc) is 2.41. The van der Waals surface area contributed by atoms with Crippen molar-refractivity contribution in [1.82, 2.24) is 0 Å². The van der Waals surface area contributed by atoms with Gasteiger partial charge >= 0.3 is 0 Å². The molecule has 0 spiro atoms. The minimum Gasteiger partial charge on any atom is -0.496 e. The molecule has 1 aliphatic rings. The third-order valence-electron chi connectivity index (χ3n) is 3.05. The van der Waals surface area contributed by atoms with Gasteiger partial charge in [-0.2, -0.15) is 11.8 Å². The summed E-state index contributed by atoms with van der Waals surface area (Å²) < 4.78 is 6.52. The fourth-order valence-corrected chi connectivity index (χ4v) is 3.89. The minimum atomic E-state index is 0.0921. The third kappa shape index (κ3) is 2.11. The van der Waals surface area contributed by atoms with Crippen molar-refractivity contribution < 1.29 is 4.74 Å². The molecule has 1 aromatic rings. The van der Waals surface area contributed by atoms with Crippen molar-refractivity contribution in [2.24, 2.45) is 11.7 Å². The second-order valence-electron chi connectivity index (χ2n) is 4.16. The molecule has 16 heavy (non-hydrogen) atoms. The summed E-state index contributed by atoms with van der Waals surface area (Å²) in [5, 5.41) is 0. The highest BCUT2D eigenvalue weighted by molar-refractivity contribution is 9.10. The zero-order valence-corrected chi connectivity index (χ0v) is 11.9. The number of methoxy groups -OCH3 is 1. The normalized spacial score (nSPS) is 24.8. The first-order valence-corrected chi connectivity index (χ1v) is 7.28. The maximum atomic E-state index is 6.32. The standard InChI is InChI=1S/C12H16BrNOS/c1-7-5-16-6-8-10(15-2)4-3-9(13)11(8)12(7)14/h3-4,7,12H,5-6,14H2,1-2H3. The highest BCUT2D eigenvalue weighted by atomic mass is 79.9. The Labute approximate surface area is 109 Å². The molecular weight excluding hydrogens is 286 g/mol. The van der Waals surface area contributed by atoms with Gasteiger partial charge in [0.05, 0.1) is 7.11 Å². The summed E-state index contributed by atoms with van der Waals surface area (Å²) in [5.41, 5.74) is 8.78. The molecule has 2 atom stereocenters. The highest BCUT2D eigenvalue weighted by Gasteiger charge is 2.26. The van der Waals surface area contributed by atoms with Gasteiger partial charge in [0.1, 0.15) is 5.75 Å². The summed E-state index contributed by atoms with van der Waals surface area (Å²) in [6, 6.07) is 4.13. The fraction of sp³-hybridized carbons (Fsp3) is 0.500. The summed E-state index contributed by atoms with van der Waals surface area (Å²) >= 11 is 5.53. The van der Waals surface area contributed by atoms with Crippen LogP contribution in [0, 0.1) is 5.92 Å². The first-order chi connectivity index (χ1) is 7.65. The fourth-order valence-electron chi connectivity index (χ4n) is 2.05. The van der Waals surface area contributed by atoms with Crippen LogP contribution in [0.15, 0.2) is 16.6 Å². The van der Waals surface area contributed by atoms with Gasteiger partial charge in [0.2, 0.25) is 0 Å². The van der Waals surface area contributed by atoms with Gasteiger partial charge in [-0.25, -0.2) is 0 Å². The van der Waals surface area contributed by atoms with Crippen LogP contribution >= 0.6 is 27.7 Å². The predicted octanol–water partition coefficient (Wildman–Crippen LogP) is 3.34. The Morgan fingerprint density at radius 1 is 1.50 bits per heavy atom. The van der Waals surface area contributed by atoms with Crippen LogP contribution in [0.5, 0.6) is 5.75 Å². The van der Waals surface area contributed by atoms with E-state index in [1.165, 1.54) is 11.1 Å². The van der Waals surface area contributed by atoms with E-state index >= 15 is 0 Å². The Morgan fingerprint density at radius 3 is 2.94 bits per heavy atom. The lowest BCUT2D eigenvalue weighted by Crippen LogP contribution is -2.21. The summed E-state index contributed by atoms with van der Waals surface area (Å²) in [6.45, 7) is 2.21. The van der Waals surface area contributed by atoms with Crippen LogP contribution in [0.2, 0.25) is 0 Å². The second kappa shape index (κ2) is 4.98. The van der Waals surface area contributed by atoms with Crippen LogP contribution in [0.4, 0.5) is 0 Å². The van der Waals surface area contributed by atoms with Crippen molar-refractivity contribution in [3.63, 3.8) is 0 Å². The van der Waals surface area contributed by atoms with E-state index in [0.29, 0.717) is 5.92 Å². The van der Waals surface area contributed by atoms with Gasteiger partial charge in [-0.3, -0.25) is 0 Å². The highest BCUT2D eigenvalue weighted by Crippen LogP contribution is 2.41. The SMILES string of the molecule is COc1ccc(Br)c2c1CSCC(C)C2N. The molecule has 0 saturated heterocycles. The molecule has 2 unspecified atom stereocenters. The van der Waals surface area contributed by atoms with Crippen molar-refractivity contribution in [3.8, 4) is 5.75 Å². The predicted molar refractivity (Wildman–Crippen MR) is 72.9 cm³/mol. The summed E-state index contributed by atoms with van der Waals surface area (Å²) in [6.07, 6.45) is 0. The molecule has 0 fully saturated rings. The van der Waals surface area contributed by atoms with Crippen molar-refractivity contribution in [1.29, 1.82) is 0 Å². The van der Waals surface area contributed by atoms with Gasteiger partial charge < -0.3 is 10.5 Å². The van der Waals surface area contributed by atoms with Gasteiger partial charge in [0.25, 0.3) is 0 Å². The van der Waals surface area contributed by atoms with Crippen LogP contribution in [-0.4, -0.2) is 12.9 Å². The number of benzene rings is 1. The smallest absolute Gasteiger partial charge is 0.123 e. The molecule has 0 saturated carbocycles. The molecule has 1 aliphatic heterocycles. The Balaban J connectivity index is 2.57. The second-order valence-corrected chi connectivity index (χ2v) is 6.04. The number of thioether (sulfide) groups is 1. The number of rotatable bonds is 1. The maximum Gasteiger partial charge on any atom is 0.123 e. The first-order valence-electron chi connectivity index (χ1n) is 5.33. The number of nitrogens with two attached hydrogens (primary N) is 1. The quantitative estimate of drug-likeness (QED) is 0.864. The van der Waals surface area contributed by atoms with Crippen molar-refractivity contribution >= 4 is 27.7 Å². The number of halogens is 1. The van der Waals surface area contributed by atoms with Crippen LogP contribution in [-0.2, 0) is 5.75 Å². The van der Waals surface area contributed by atoms with E-state index in [9.17, 15) is 0 Å². The van der Waals surface area contributed by atoms with E-state index in [0.717, 1.165) is 21.7 Å². The molecule has 2 nitrogen and oxygen atoms in total. The molecule has 0 aliphatic carbocycles. The van der Waals surface area contributed by atoms with E-state index < -0.39 is 0 Å². The Kier molecular flexibility index (Phi) is 3.82. The van der Waals surface area contributed by atoms with Crippen molar-refractivity contribution in [2.75, 3.05) is 12.9 Å². The molecule has 0 bridgehead atoms. The lowest BCUT2D eigenvalue weighted by Gasteiger charge is -2.21. The molecule has 88 valence electrons. The van der Waals surface area contributed by atoms with Gasteiger partial charge in [-0.15, -0.1) is 0 Å². The molecule has 2 rings (SSSR count). The van der Waals surface area contributed by atoms with Gasteiger partial charge in [-0.1, -0.05) is 22.9 Å². The summed E-state index contributed by atoms with van der Waals surface area (Å²) in [4.78, 5) is 0. The van der Waals surface area contributed by atoms with Crippen molar-refractivity contribution in [3.05, 3.63) is 27.7 Å². The zero-order valence-electron chi connectivity index (χ0n) is 9.50. The Bertz CT molecular complexity index is 397. The van der Waals surface area contributed by atoms with E-state index in [4.69, 9.17) is 10.5 Å². The lowest BCUT2D eigenvalue weighted by molar-refractivity contribution is 0.409. The number of hydrogen-bond donors (Lipinski definition) is 1. The van der Waals surface area contributed by atoms with Crippen LogP contribution in [0.25, 0.3) is 0 Å². The molecular formula is C12H16BrNOS. The summed E-state index contributed by atoms with van der Waals surface area (Å²) in [5.74, 6) is 3.53. The number of fused-ring (bicyclic) bond motifs is 1. The van der Waals surface area contributed by atoms with Crippen molar-refractivity contribution in [2.45, 2.75) is 18.7 Å². The first kappa shape index (κ1) is 12.3. The van der Waals surface area contributed by atoms with Gasteiger partial charge in [0, 0.05) is 21.8 Å². The largest absolute Gasteiger partial charge is 0.496 e. The zero-order chi connectivity index (χ0) is 11.7. The van der Waals surface area contributed by atoms with Crippen LogP contribution in [0.3, 0.4) is 0 Å². The Hall–Kier alpha value is -0.190. The molecule has 0 amide bonds. The maximum absolute atomic E-state index is 6.32. The molecule has 1 heterocycles. The van der Waals surface area contributed by atoms with E-state index in [1.54, 1.807) is 7.11 Å². The summed E-state index contributed by atoms with van der Waals surface area (Å²) in [7, 11) is 1.72. The van der Waals surface area contributed by atoms with Crippen LogP contribution in [0.1, 0.15) is 24.1 Å². The lowest BCUT2D eigenvalue weighted by atomic mass is 9.93. The molecule has 1 aromatic carbocycles. The third-order valence-corrected chi connectivity index (χ3v) is 5.00. The van der Waals surface area contributed by atoms with E-state index in [2.05, 4.69) is 22.9 Å². The van der Waals surface area contributed by atoms with Crippen LogP contribution < -0.4 is 10.5 Å². The minimum absolute atomic E-state index is 0.0921. The molecule has 0 radical (unpaired) electrons. The monoisotopic (exact) mass is 301 g/mol. The molecule has 0 aromatic heterocycles. The molecule has 2 N–H and O–H groups in total. The van der Waals surface area contributed by atoms with Gasteiger partial charge in [0.15, 0.2) is 0 Å². The van der Waals surface area contributed by atoms with E-state index in [-0.39, 0.29) is 6.04 Å². The average molecular weight is 302 g/mol. The van der Waals surface area contributed by atoms with E-state index in [1.807, 2.05) is 23.9 Å². The number of ether oxygens (including phenoxy) is 1. The Morgan fingerprint density at radius 2 is 2.25 bits per heavy atom. The number of hydrogen-bond acceptors (Lipinski definition) is 3. The topological polar surface area (TPSA) is 35.2 Å².